The van der Waals surface area contributed by atoms with Gasteiger partial charge in [0.25, 0.3) is 10.0 Å². The van der Waals surface area contributed by atoms with Gasteiger partial charge < -0.3 is 19.4 Å². The molecule has 2 saturated heterocycles. The van der Waals surface area contributed by atoms with Crippen LogP contribution in [0.2, 0.25) is 4.34 Å². The van der Waals surface area contributed by atoms with Crippen molar-refractivity contribution >= 4 is 56.1 Å². The second kappa shape index (κ2) is 12.5. The minimum atomic E-state index is -3.89. The molecule has 4 heterocycles. The third-order valence-corrected chi connectivity index (χ3v) is 11.2. The number of ether oxygens (including phenoxy) is 1. The SMILES string of the molecule is COCCN(C)C[C@@H]1CCCN1C(=O)CN1CCC[C@H](NS(=O)(=O)c2ccc(-c3ccc(Cl)s3)s2)C1=O. The van der Waals surface area contributed by atoms with Crippen molar-refractivity contribution in [2.24, 2.45) is 0 Å². The molecule has 2 aromatic heterocycles. The highest BCUT2D eigenvalue weighted by atomic mass is 35.5. The number of likely N-dealkylation sites (tertiary alicyclic amines) is 2. The molecular formula is C24H33ClN4O5S3. The molecule has 0 bridgehead atoms. The summed E-state index contributed by atoms with van der Waals surface area (Å²) < 4.78 is 34.6. The van der Waals surface area contributed by atoms with E-state index in [9.17, 15) is 18.0 Å². The molecule has 13 heteroatoms. The molecule has 4 rings (SSSR count). The Kier molecular flexibility index (Phi) is 9.65. The van der Waals surface area contributed by atoms with Gasteiger partial charge in [-0.25, -0.2) is 8.42 Å². The van der Waals surface area contributed by atoms with Crippen LogP contribution in [0.3, 0.4) is 0 Å². The van der Waals surface area contributed by atoms with E-state index in [0.717, 1.165) is 47.0 Å². The number of nitrogens with one attached hydrogen (secondary N) is 1. The first kappa shape index (κ1) is 28.5. The number of hydrogen-bond donors (Lipinski definition) is 1. The van der Waals surface area contributed by atoms with Gasteiger partial charge in [0.05, 0.1) is 17.5 Å². The Morgan fingerprint density at radius 2 is 1.89 bits per heavy atom. The molecule has 0 aromatic carbocycles. The molecule has 2 aliphatic rings. The fourth-order valence-corrected chi connectivity index (χ4v) is 8.48. The van der Waals surface area contributed by atoms with Gasteiger partial charge in [0.15, 0.2) is 0 Å². The molecule has 2 fully saturated rings. The van der Waals surface area contributed by atoms with Crippen LogP contribution >= 0.6 is 34.3 Å². The highest BCUT2D eigenvalue weighted by Gasteiger charge is 2.36. The zero-order valence-electron chi connectivity index (χ0n) is 21.0. The Labute approximate surface area is 231 Å². The first-order valence-corrected chi connectivity index (χ1v) is 15.8. The molecule has 1 N–H and O–H groups in total. The molecule has 9 nitrogen and oxygen atoms in total. The molecule has 2 aliphatic heterocycles. The van der Waals surface area contributed by atoms with Gasteiger partial charge in [0.1, 0.15) is 10.3 Å². The summed E-state index contributed by atoms with van der Waals surface area (Å²) in [5, 5.41) is 0. The summed E-state index contributed by atoms with van der Waals surface area (Å²) in [6.07, 6.45) is 2.89. The minimum Gasteiger partial charge on any atom is -0.383 e. The number of halogens is 1. The van der Waals surface area contributed by atoms with Crippen molar-refractivity contribution in [3.05, 3.63) is 28.6 Å². The fourth-order valence-electron chi connectivity index (χ4n) is 4.80. The number of piperidine rings is 1. The number of sulfonamides is 1. The zero-order chi connectivity index (χ0) is 26.6. The average Bonchev–Trinajstić information content (AvgIpc) is 3.61. The zero-order valence-corrected chi connectivity index (χ0v) is 24.2. The Bertz CT molecular complexity index is 1200. The van der Waals surface area contributed by atoms with Crippen LogP contribution in [0.1, 0.15) is 25.7 Å². The monoisotopic (exact) mass is 588 g/mol. The lowest BCUT2D eigenvalue weighted by molar-refractivity contribution is -0.143. The molecule has 2 aromatic rings. The number of methoxy groups -OCH3 is 1. The summed E-state index contributed by atoms with van der Waals surface area (Å²) in [5.41, 5.74) is 0. The predicted molar refractivity (Wildman–Crippen MR) is 147 cm³/mol. The van der Waals surface area contributed by atoms with Gasteiger partial charge in [0, 0.05) is 49.1 Å². The highest BCUT2D eigenvalue weighted by molar-refractivity contribution is 7.91. The van der Waals surface area contributed by atoms with E-state index in [1.165, 1.54) is 16.2 Å². The van der Waals surface area contributed by atoms with Gasteiger partial charge in [0.2, 0.25) is 11.8 Å². The van der Waals surface area contributed by atoms with Crippen LogP contribution < -0.4 is 4.72 Å². The van der Waals surface area contributed by atoms with Crippen molar-refractivity contribution in [2.75, 3.05) is 53.5 Å². The van der Waals surface area contributed by atoms with Crippen LogP contribution in [-0.2, 0) is 24.3 Å². The molecule has 0 radical (unpaired) electrons. The Balaban J connectivity index is 1.36. The second-order valence-electron chi connectivity index (χ2n) is 9.44. The summed E-state index contributed by atoms with van der Waals surface area (Å²) in [7, 11) is -0.210. The Morgan fingerprint density at radius 3 is 2.62 bits per heavy atom. The number of rotatable bonds is 11. The van der Waals surface area contributed by atoms with E-state index in [2.05, 4.69) is 9.62 Å². The molecule has 37 heavy (non-hydrogen) atoms. The van der Waals surface area contributed by atoms with Crippen LogP contribution in [0.15, 0.2) is 28.5 Å². The average molecular weight is 589 g/mol. The minimum absolute atomic E-state index is 0.0301. The summed E-state index contributed by atoms with van der Waals surface area (Å²) in [4.78, 5) is 33.6. The first-order chi connectivity index (χ1) is 17.7. The predicted octanol–water partition coefficient (Wildman–Crippen LogP) is 2.97. The van der Waals surface area contributed by atoms with Crippen LogP contribution in [-0.4, -0.2) is 101 Å². The smallest absolute Gasteiger partial charge is 0.250 e. The van der Waals surface area contributed by atoms with E-state index in [0.29, 0.717) is 36.9 Å². The molecule has 2 atom stereocenters. The standard InChI is InChI=1S/C24H33ClN4O5S3/c1-27(13-14-34-2)15-17-5-3-12-29(17)22(30)16-28-11-4-6-18(24(28)31)26-37(32,33)23-10-8-20(36-23)19-7-9-21(25)35-19/h7-10,17-18,26H,3-6,11-16H2,1-2H3/t17-,18-/m0/s1. The van der Waals surface area contributed by atoms with Crippen molar-refractivity contribution in [1.29, 1.82) is 0 Å². The maximum atomic E-state index is 13.2. The number of nitrogens with zero attached hydrogens (tertiary/aromatic N) is 3. The Morgan fingerprint density at radius 1 is 1.16 bits per heavy atom. The van der Waals surface area contributed by atoms with E-state index >= 15 is 0 Å². The fraction of sp³-hybridized carbons (Fsp3) is 0.583. The van der Waals surface area contributed by atoms with Gasteiger partial charge >= 0.3 is 0 Å². The summed E-state index contributed by atoms with van der Waals surface area (Å²) in [6.45, 7) is 3.26. The van der Waals surface area contributed by atoms with Crippen molar-refractivity contribution in [3.8, 4) is 9.75 Å². The summed E-state index contributed by atoms with van der Waals surface area (Å²) >= 11 is 8.53. The van der Waals surface area contributed by atoms with Gasteiger partial charge in [-0.3, -0.25) is 9.59 Å². The van der Waals surface area contributed by atoms with E-state index < -0.39 is 16.1 Å². The maximum Gasteiger partial charge on any atom is 0.250 e. The molecule has 2 amide bonds. The van der Waals surface area contributed by atoms with Gasteiger partial charge in [-0.1, -0.05) is 11.6 Å². The van der Waals surface area contributed by atoms with Crippen LogP contribution in [0.25, 0.3) is 9.75 Å². The van der Waals surface area contributed by atoms with Crippen molar-refractivity contribution < 1.29 is 22.7 Å². The van der Waals surface area contributed by atoms with E-state index in [4.69, 9.17) is 16.3 Å². The summed E-state index contributed by atoms with van der Waals surface area (Å²) in [6, 6.07) is 6.13. The van der Waals surface area contributed by atoms with Crippen molar-refractivity contribution in [1.82, 2.24) is 19.4 Å². The molecule has 204 valence electrons. The largest absolute Gasteiger partial charge is 0.383 e. The van der Waals surface area contributed by atoms with E-state index in [1.807, 2.05) is 18.0 Å². The van der Waals surface area contributed by atoms with Gasteiger partial charge in [-0.15, -0.1) is 22.7 Å². The quantitative estimate of drug-likeness (QED) is 0.433. The number of carbonyl (C=O) groups is 2. The van der Waals surface area contributed by atoms with Gasteiger partial charge in [-0.2, -0.15) is 4.72 Å². The van der Waals surface area contributed by atoms with E-state index in [-0.39, 0.29) is 28.6 Å². The van der Waals surface area contributed by atoms with Crippen LogP contribution in [0.4, 0.5) is 0 Å². The maximum absolute atomic E-state index is 13.2. The van der Waals surface area contributed by atoms with E-state index in [1.54, 1.807) is 25.3 Å². The number of amides is 2. The summed E-state index contributed by atoms with van der Waals surface area (Å²) in [5.74, 6) is -0.435. The lowest BCUT2D eigenvalue weighted by atomic mass is 10.1. The number of thiophene rings is 2. The second-order valence-corrected chi connectivity index (χ2v) is 14.2. The van der Waals surface area contributed by atoms with Gasteiger partial charge in [-0.05, 0) is 57.0 Å². The molecule has 0 saturated carbocycles. The Hall–Kier alpha value is -1.54. The molecule has 0 aliphatic carbocycles. The first-order valence-electron chi connectivity index (χ1n) is 12.3. The molecule has 0 spiro atoms. The molecular weight excluding hydrogens is 556 g/mol. The third kappa shape index (κ3) is 7.11. The number of hydrogen-bond acceptors (Lipinski definition) is 8. The van der Waals surface area contributed by atoms with Crippen LogP contribution in [0, 0.1) is 0 Å². The third-order valence-electron chi connectivity index (χ3n) is 6.71. The van der Waals surface area contributed by atoms with Crippen molar-refractivity contribution in [3.63, 3.8) is 0 Å². The number of likely N-dealkylation sites (N-methyl/N-ethyl adjacent to an activating group) is 1. The normalized spacial score (nSPS) is 20.8. The topological polar surface area (TPSA) is 99.3 Å². The van der Waals surface area contributed by atoms with Crippen molar-refractivity contribution in [2.45, 2.75) is 42.0 Å². The molecule has 0 unspecified atom stereocenters. The van der Waals surface area contributed by atoms with Crippen LogP contribution in [0.5, 0.6) is 0 Å². The highest BCUT2D eigenvalue weighted by Crippen LogP contribution is 2.37. The lowest BCUT2D eigenvalue weighted by Gasteiger charge is -2.34. The lowest BCUT2D eigenvalue weighted by Crippen LogP contribution is -2.55. The number of carbonyl (C=O) groups excluding carboxylic acids is 2.